The lowest BCUT2D eigenvalue weighted by molar-refractivity contribution is 0.0910. The van der Waals surface area contributed by atoms with Gasteiger partial charge in [-0.25, -0.2) is 0 Å². The maximum atomic E-state index is 11.6. The van der Waals surface area contributed by atoms with Crippen LogP contribution in [0, 0.1) is 0 Å². The maximum Gasteiger partial charge on any atom is 0.287 e. The average molecular weight is 320 g/mol. The summed E-state index contributed by atoms with van der Waals surface area (Å²) in [6, 6.07) is 3.67. The summed E-state index contributed by atoms with van der Waals surface area (Å²) in [4.78, 5) is 13.9. The highest BCUT2D eigenvalue weighted by molar-refractivity contribution is 14.1. The van der Waals surface area contributed by atoms with Crippen molar-refractivity contribution in [3.05, 3.63) is 24.2 Å². The monoisotopic (exact) mass is 320 g/mol. The van der Waals surface area contributed by atoms with E-state index in [1.807, 2.05) is 0 Å². The summed E-state index contributed by atoms with van der Waals surface area (Å²) in [7, 11) is 0. The van der Waals surface area contributed by atoms with E-state index >= 15 is 0 Å². The topological polar surface area (TPSA) is 45.5 Å². The molecule has 1 saturated heterocycles. The summed E-state index contributed by atoms with van der Waals surface area (Å²) in [5, 5.41) is 2.97. The third-order valence-electron chi connectivity index (χ3n) is 2.52. The van der Waals surface area contributed by atoms with Gasteiger partial charge in [0.2, 0.25) is 0 Å². The number of furan rings is 1. The minimum Gasteiger partial charge on any atom is -0.459 e. The van der Waals surface area contributed by atoms with Gasteiger partial charge in [-0.1, -0.05) is 22.6 Å². The molecule has 1 atom stereocenters. The normalized spacial score (nSPS) is 21.8. The number of rotatable bonds is 3. The van der Waals surface area contributed by atoms with Gasteiger partial charge in [0.1, 0.15) is 0 Å². The summed E-state index contributed by atoms with van der Waals surface area (Å²) in [6.07, 6.45) is 2.54. The first-order valence-corrected chi connectivity index (χ1v) is 6.45. The molecule has 0 spiro atoms. The molecule has 1 amide bonds. The highest BCUT2D eigenvalue weighted by Crippen LogP contribution is 2.11. The van der Waals surface area contributed by atoms with Gasteiger partial charge in [0, 0.05) is 19.1 Å². The first-order valence-electron chi connectivity index (χ1n) is 4.92. The van der Waals surface area contributed by atoms with Gasteiger partial charge in [0.05, 0.1) is 10.8 Å². The van der Waals surface area contributed by atoms with Crippen LogP contribution in [-0.4, -0.2) is 34.5 Å². The Morgan fingerprint density at radius 2 is 2.60 bits per heavy atom. The number of likely N-dealkylation sites (tertiary alicyclic amines) is 1. The summed E-state index contributed by atoms with van der Waals surface area (Å²) in [5.74, 6) is 0.281. The fraction of sp³-hybridized carbons (Fsp3) is 0.500. The van der Waals surface area contributed by atoms with Gasteiger partial charge in [0.15, 0.2) is 5.76 Å². The van der Waals surface area contributed by atoms with Crippen molar-refractivity contribution in [2.45, 2.75) is 12.5 Å². The van der Waals surface area contributed by atoms with Crippen molar-refractivity contribution < 1.29 is 9.21 Å². The highest BCUT2D eigenvalue weighted by atomic mass is 127. The third-order valence-corrected chi connectivity index (χ3v) is 3.49. The largest absolute Gasteiger partial charge is 0.459 e. The molecule has 0 bridgehead atoms. The predicted molar refractivity (Wildman–Crippen MR) is 65.0 cm³/mol. The molecule has 0 aromatic carbocycles. The molecule has 1 aliphatic heterocycles. The summed E-state index contributed by atoms with van der Waals surface area (Å²) < 4.78 is 6.05. The Bertz CT molecular complexity index is 326. The fourth-order valence-corrected chi connectivity index (χ4v) is 2.34. The highest BCUT2D eigenvalue weighted by Gasteiger charge is 2.23. The van der Waals surface area contributed by atoms with E-state index in [4.69, 9.17) is 4.42 Å². The van der Waals surface area contributed by atoms with Crippen molar-refractivity contribution in [2.75, 3.05) is 17.6 Å². The standard InChI is InChI=1S/C10H13IN2O2/c11-7-13-4-3-8(6-13)12-10(14)9-2-1-5-15-9/h1-2,5,8H,3-4,6-7H2,(H,12,14). The van der Waals surface area contributed by atoms with E-state index in [9.17, 15) is 4.79 Å². The van der Waals surface area contributed by atoms with Gasteiger partial charge >= 0.3 is 0 Å². The van der Waals surface area contributed by atoms with Crippen LogP contribution in [-0.2, 0) is 0 Å². The zero-order valence-electron chi connectivity index (χ0n) is 8.28. The van der Waals surface area contributed by atoms with Crippen LogP contribution in [0.25, 0.3) is 0 Å². The van der Waals surface area contributed by atoms with E-state index in [2.05, 4.69) is 32.8 Å². The van der Waals surface area contributed by atoms with Gasteiger partial charge in [-0.3, -0.25) is 9.69 Å². The molecule has 1 fully saturated rings. The van der Waals surface area contributed by atoms with Crippen LogP contribution in [0.3, 0.4) is 0 Å². The van der Waals surface area contributed by atoms with Crippen molar-refractivity contribution in [1.29, 1.82) is 0 Å². The molecule has 0 aliphatic carbocycles. The quantitative estimate of drug-likeness (QED) is 0.521. The Balaban J connectivity index is 1.86. The van der Waals surface area contributed by atoms with E-state index in [-0.39, 0.29) is 11.9 Å². The third kappa shape index (κ3) is 2.72. The lowest BCUT2D eigenvalue weighted by Crippen LogP contribution is -2.36. The Morgan fingerprint density at radius 3 is 3.20 bits per heavy atom. The van der Waals surface area contributed by atoms with E-state index in [0.29, 0.717) is 5.76 Å². The number of alkyl halides is 1. The van der Waals surface area contributed by atoms with Gasteiger partial charge in [0.25, 0.3) is 5.91 Å². The zero-order valence-corrected chi connectivity index (χ0v) is 10.4. The zero-order chi connectivity index (χ0) is 10.7. The van der Waals surface area contributed by atoms with Gasteiger partial charge in [-0.2, -0.15) is 0 Å². The smallest absolute Gasteiger partial charge is 0.287 e. The SMILES string of the molecule is O=C(NC1CCN(CI)C1)c1ccco1. The molecular weight excluding hydrogens is 307 g/mol. The fourth-order valence-electron chi connectivity index (χ4n) is 1.72. The van der Waals surface area contributed by atoms with Gasteiger partial charge in [-0.05, 0) is 18.6 Å². The minimum absolute atomic E-state index is 0.111. The number of halogens is 1. The summed E-state index contributed by atoms with van der Waals surface area (Å²) in [6.45, 7) is 2.00. The van der Waals surface area contributed by atoms with E-state index in [0.717, 1.165) is 24.1 Å². The Morgan fingerprint density at radius 1 is 1.73 bits per heavy atom. The number of nitrogens with zero attached hydrogens (tertiary/aromatic N) is 1. The molecule has 0 radical (unpaired) electrons. The van der Waals surface area contributed by atoms with Crippen LogP contribution in [0.15, 0.2) is 22.8 Å². The Kier molecular flexibility index (Phi) is 3.63. The van der Waals surface area contributed by atoms with E-state index in [1.54, 1.807) is 12.1 Å². The lowest BCUT2D eigenvalue weighted by atomic mass is 10.2. The number of carbonyl (C=O) groups is 1. The van der Waals surface area contributed by atoms with Crippen LogP contribution in [0.1, 0.15) is 17.0 Å². The van der Waals surface area contributed by atoms with E-state index in [1.165, 1.54) is 6.26 Å². The Hall–Kier alpha value is -0.560. The number of nitrogens with one attached hydrogen (secondary N) is 1. The second-order valence-electron chi connectivity index (χ2n) is 3.63. The number of hydrogen-bond acceptors (Lipinski definition) is 3. The van der Waals surface area contributed by atoms with Crippen LogP contribution < -0.4 is 5.32 Å². The average Bonchev–Trinajstić information content (AvgIpc) is 2.87. The second kappa shape index (κ2) is 4.98. The molecule has 4 nitrogen and oxygen atoms in total. The molecule has 1 aromatic heterocycles. The molecule has 82 valence electrons. The molecule has 1 unspecified atom stereocenters. The van der Waals surface area contributed by atoms with Crippen LogP contribution in [0.2, 0.25) is 0 Å². The van der Waals surface area contributed by atoms with Gasteiger partial charge in [-0.15, -0.1) is 0 Å². The van der Waals surface area contributed by atoms with Crippen LogP contribution in [0.4, 0.5) is 0 Å². The van der Waals surface area contributed by atoms with Crippen molar-refractivity contribution in [2.24, 2.45) is 0 Å². The van der Waals surface area contributed by atoms with Crippen molar-refractivity contribution >= 4 is 28.5 Å². The molecule has 0 saturated carbocycles. The first kappa shape index (κ1) is 10.9. The van der Waals surface area contributed by atoms with Crippen molar-refractivity contribution in [3.63, 3.8) is 0 Å². The minimum atomic E-state index is -0.111. The molecule has 2 heterocycles. The summed E-state index contributed by atoms with van der Waals surface area (Å²) >= 11 is 2.34. The lowest BCUT2D eigenvalue weighted by Gasteiger charge is -2.13. The first-order chi connectivity index (χ1) is 7.29. The predicted octanol–water partition coefficient (Wildman–Crippen LogP) is 1.48. The Labute approximate surface area is 102 Å². The van der Waals surface area contributed by atoms with Crippen molar-refractivity contribution in [3.8, 4) is 0 Å². The number of carbonyl (C=O) groups excluding carboxylic acids is 1. The molecule has 15 heavy (non-hydrogen) atoms. The molecule has 1 aliphatic rings. The van der Waals surface area contributed by atoms with Gasteiger partial charge < -0.3 is 9.73 Å². The van der Waals surface area contributed by atoms with Crippen molar-refractivity contribution in [1.82, 2.24) is 10.2 Å². The second-order valence-corrected chi connectivity index (χ2v) is 4.32. The molecular formula is C10H13IN2O2. The molecule has 5 heteroatoms. The van der Waals surface area contributed by atoms with Crippen LogP contribution in [0.5, 0.6) is 0 Å². The number of hydrogen-bond donors (Lipinski definition) is 1. The molecule has 2 rings (SSSR count). The summed E-state index contributed by atoms with van der Waals surface area (Å²) in [5.41, 5.74) is 0. The maximum absolute atomic E-state index is 11.6. The molecule has 1 N–H and O–H groups in total. The van der Waals surface area contributed by atoms with Crippen LogP contribution >= 0.6 is 22.6 Å². The molecule has 1 aromatic rings. The number of amides is 1. The van der Waals surface area contributed by atoms with E-state index < -0.39 is 0 Å².